The number of carbonyl (C=O) groups excluding carboxylic acids is 1. The van der Waals surface area contributed by atoms with Crippen molar-refractivity contribution in [1.29, 1.82) is 0 Å². The number of rotatable bonds is 4. The van der Waals surface area contributed by atoms with Gasteiger partial charge in [-0.1, -0.05) is 12.1 Å². The molecule has 7 heteroatoms. The van der Waals surface area contributed by atoms with E-state index in [2.05, 4.69) is 5.32 Å². The molecule has 1 amide bonds. The van der Waals surface area contributed by atoms with E-state index in [1.165, 1.54) is 35.2 Å². The first-order chi connectivity index (χ1) is 11.4. The van der Waals surface area contributed by atoms with E-state index in [-0.39, 0.29) is 11.7 Å². The van der Waals surface area contributed by atoms with Crippen LogP contribution in [0, 0.1) is 12.7 Å². The molecule has 1 saturated heterocycles. The highest BCUT2D eigenvalue weighted by Gasteiger charge is 2.43. The van der Waals surface area contributed by atoms with E-state index in [1.807, 2.05) is 6.92 Å². The number of nitrogens with one attached hydrogen (secondary N) is 1. The Labute approximate surface area is 147 Å². The molecule has 1 aliphatic heterocycles. The summed E-state index contributed by atoms with van der Waals surface area (Å²) in [5.41, 5.74) is 0.499. The van der Waals surface area contributed by atoms with Gasteiger partial charge in [-0.15, -0.1) is 11.3 Å². The molecular formula is C17H16FNO3S2. The van der Waals surface area contributed by atoms with Gasteiger partial charge in [0.1, 0.15) is 11.4 Å². The van der Waals surface area contributed by atoms with Gasteiger partial charge in [0.2, 0.25) is 0 Å². The van der Waals surface area contributed by atoms with Crippen LogP contribution in [0.25, 0.3) is 11.1 Å². The highest BCUT2D eigenvalue weighted by Crippen LogP contribution is 2.33. The lowest BCUT2D eigenvalue weighted by atomic mass is 9.99. The summed E-state index contributed by atoms with van der Waals surface area (Å²) in [4.78, 5) is 25.5. The second kappa shape index (κ2) is 6.57. The van der Waals surface area contributed by atoms with Crippen LogP contribution in [-0.2, 0) is 4.79 Å². The van der Waals surface area contributed by atoms with Crippen molar-refractivity contribution in [3.63, 3.8) is 0 Å². The monoisotopic (exact) mass is 365 g/mol. The molecule has 1 fully saturated rings. The molecule has 0 spiro atoms. The fourth-order valence-electron chi connectivity index (χ4n) is 2.67. The van der Waals surface area contributed by atoms with Crippen molar-refractivity contribution in [2.24, 2.45) is 0 Å². The third-order valence-corrected chi connectivity index (χ3v) is 6.32. The van der Waals surface area contributed by atoms with Gasteiger partial charge in [0, 0.05) is 10.6 Å². The molecule has 0 radical (unpaired) electrons. The first kappa shape index (κ1) is 17.0. The molecule has 0 bridgehead atoms. The zero-order valence-corrected chi connectivity index (χ0v) is 14.6. The van der Waals surface area contributed by atoms with Crippen LogP contribution >= 0.6 is 23.1 Å². The smallest absolute Gasteiger partial charge is 0.330 e. The van der Waals surface area contributed by atoms with Crippen molar-refractivity contribution in [3.8, 4) is 11.1 Å². The zero-order chi connectivity index (χ0) is 17.3. The summed E-state index contributed by atoms with van der Waals surface area (Å²) >= 11 is 2.84. The molecule has 1 aromatic heterocycles. The number of thioether (sulfide) groups is 1. The van der Waals surface area contributed by atoms with Gasteiger partial charge in [-0.05, 0) is 48.4 Å². The standard InChI is InChI=1S/C17H16FNO3S2/c1-10-13(11-2-4-12(18)5-3-11)8-14(24-10)15(20)19-17(16(21)22)6-7-23-9-17/h2-5,8H,6-7,9H2,1H3,(H,19,20)(H,21,22). The lowest BCUT2D eigenvalue weighted by molar-refractivity contribution is -0.143. The number of hydrogen-bond donors (Lipinski definition) is 2. The van der Waals surface area contributed by atoms with E-state index in [0.29, 0.717) is 17.1 Å². The topological polar surface area (TPSA) is 66.4 Å². The third kappa shape index (κ3) is 3.18. The lowest BCUT2D eigenvalue weighted by Gasteiger charge is -2.24. The first-order valence-electron chi connectivity index (χ1n) is 7.41. The minimum absolute atomic E-state index is 0.313. The van der Waals surface area contributed by atoms with Crippen molar-refractivity contribution >= 4 is 35.0 Å². The highest BCUT2D eigenvalue weighted by atomic mass is 32.2. The van der Waals surface area contributed by atoms with Crippen LogP contribution in [0.1, 0.15) is 21.0 Å². The quantitative estimate of drug-likeness (QED) is 0.870. The molecular weight excluding hydrogens is 349 g/mol. The second-order valence-electron chi connectivity index (χ2n) is 5.73. The molecule has 4 nitrogen and oxygen atoms in total. The van der Waals surface area contributed by atoms with Gasteiger partial charge in [0.15, 0.2) is 0 Å². The number of aryl methyl sites for hydroxylation is 1. The summed E-state index contributed by atoms with van der Waals surface area (Å²) in [6.07, 6.45) is 0.425. The molecule has 2 heterocycles. The number of hydrogen-bond acceptors (Lipinski definition) is 4. The van der Waals surface area contributed by atoms with E-state index in [9.17, 15) is 19.1 Å². The van der Waals surface area contributed by atoms with E-state index < -0.39 is 11.5 Å². The van der Waals surface area contributed by atoms with E-state index >= 15 is 0 Å². The first-order valence-corrected chi connectivity index (χ1v) is 9.38. The molecule has 0 saturated carbocycles. The van der Waals surface area contributed by atoms with E-state index in [4.69, 9.17) is 0 Å². The van der Waals surface area contributed by atoms with Crippen LogP contribution < -0.4 is 5.32 Å². The summed E-state index contributed by atoms with van der Waals surface area (Å²) in [6, 6.07) is 7.82. The number of aliphatic carboxylic acids is 1. The second-order valence-corrected chi connectivity index (χ2v) is 8.09. The fourth-order valence-corrected chi connectivity index (χ4v) is 4.94. The van der Waals surface area contributed by atoms with Gasteiger partial charge in [-0.25, -0.2) is 9.18 Å². The van der Waals surface area contributed by atoms with Crippen LogP contribution in [0.15, 0.2) is 30.3 Å². The average molecular weight is 365 g/mol. The number of thiophene rings is 1. The van der Waals surface area contributed by atoms with E-state index in [0.717, 1.165) is 21.8 Å². The summed E-state index contributed by atoms with van der Waals surface area (Å²) in [5.74, 6) is -0.582. The molecule has 24 heavy (non-hydrogen) atoms. The predicted molar refractivity (Wildman–Crippen MR) is 94.2 cm³/mol. The van der Waals surface area contributed by atoms with Gasteiger partial charge < -0.3 is 10.4 Å². The number of amides is 1. The molecule has 1 unspecified atom stereocenters. The summed E-state index contributed by atoms with van der Waals surface area (Å²) in [5, 5.41) is 12.2. The predicted octanol–water partition coefficient (Wildman–Crippen LogP) is 3.55. The largest absolute Gasteiger partial charge is 0.479 e. The van der Waals surface area contributed by atoms with Gasteiger partial charge >= 0.3 is 5.97 Å². The Morgan fingerprint density at radius 2 is 2.00 bits per heavy atom. The summed E-state index contributed by atoms with van der Waals surface area (Å²) < 4.78 is 13.1. The normalized spacial score (nSPS) is 20.1. The SMILES string of the molecule is Cc1sc(C(=O)NC2(C(=O)O)CCSC2)cc1-c1ccc(F)cc1. The fraction of sp³-hybridized carbons (Fsp3) is 0.294. The van der Waals surface area contributed by atoms with Gasteiger partial charge in [-0.2, -0.15) is 11.8 Å². The van der Waals surface area contributed by atoms with Crippen molar-refractivity contribution < 1.29 is 19.1 Å². The molecule has 3 rings (SSSR count). The Hall–Kier alpha value is -1.86. The van der Waals surface area contributed by atoms with Gasteiger partial charge in [0.05, 0.1) is 4.88 Å². The molecule has 2 aromatic rings. The Morgan fingerprint density at radius 1 is 1.29 bits per heavy atom. The minimum atomic E-state index is -1.18. The third-order valence-electron chi connectivity index (χ3n) is 4.08. The van der Waals surface area contributed by atoms with Crippen molar-refractivity contribution in [3.05, 3.63) is 45.9 Å². The Kier molecular flexibility index (Phi) is 4.64. The van der Waals surface area contributed by atoms with E-state index in [1.54, 1.807) is 18.2 Å². The Bertz CT molecular complexity index is 780. The molecule has 126 valence electrons. The van der Waals surface area contributed by atoms with Crippen LogP contribution in [-0.4, -0.2) is 34.0 Å². The number of carboxylic acids is 1. The van der Waals surface area contributed by atoms with Crippen molar-refractivity contribution in [1.82, 2.24) is 5.32 Å². The molecule has 1 aliphatic rings. The Balaban J connectivity index is 1.85. The Morgan fingerprint density at radius 3 is 2.58 bits per heavy atom. The molecule has 0 aliphatic carbocycles. The minimum Gasteiger partial charge on any atom is -0.479 e. The number of carbonyl (C=O) groups is 2. The van der Waals surface area contributed by atoms with Crippen molar-refractivity contribution in [2.75, 3.05) is 11.5 Å². The van der Waals surface area contributed by atoms with Gasteiger partial charge in [-0.3, -0.25) is 4.79 Å². The van der Waals surface area contributed by atoms with Gasteiger partial charge in [0.25, 0.3) is 5.91 Å². The maximum atomic E-state index is 13.1. The van der Waals surface area contributed by atoms with Crippen LogP contribution in [0.3, 0.4) is 0 Å². The average Bonchev–Trinajstić information content (AvgIpc) is 3.16. The maximum Gasteiger partial charge on any atom is 0.330 e. The summed E-state index contributed by atoms with van der Waals surface area (Å²) in [7, 11) is 0. The number of benzene rings is 1. The zero-order valence-electron chi connectivity index (χ0n) is 13.0. The van der Waals surface area contributed by atoms with Crippen molar-refractivity contribution in [2.45, 2.75) is 18.9 Å². The van der Waals surface area contributed by atoms with Crippen LogP contribution in [0.5, 0.6) is 0 Å². The molecule has 1 aromatic carbocycles. The van der Waals surface area contributed by atoms with Crippen LogP contribution in [0.4, 0.5) is 4.39 Å². The summed E-state index contributed by atoms with van der Waals surface area (Å²) in [6.45, 7) is 1.89. The molecule has 1 atom stereocenters. The maximum absolute atomic E-state index is 13.1. The number of halogens is 1. The highest BCUT2D eigenvalue weighted by molar-refractivity contribution is 7.99. The van der Waals surface area contributed by atoms with Crippen LogP contribution in [0.2, 0.25) is 0 Å². The molecule has 2 N–H and O–H groups in total. The number of carboxylic acid groups (broad SMARTS) is 1. The lowest BCUT2D eigenvalue weighted by Crippen LogP contribution is -2.54.